The first-order valence-electron chi connectivity index (χ1n) is 4.79. The van der Waals surface area contributed by atoms with Crippen LogP contribution in [-0.4, -0.2) is 11.9 Å². The molecule has 2 fully saturated rings. The lowest BCUT2D eigenvalue weighted by Crippen LogP contribution is -2.54. The van der Waals surface area contributed by atoms with Crippen LogP contribution in [0.5, 0.6) is 0 Å². The summed E-state index contributed by atoms with van der Waals surface area (Å²) in [6.07, 6.45) is 2.31. The van der Waals surface area contributed by atoms with Gasteiger partial charge in [0.05, 0.1) is 5.92 Å². The maximum Gasteiger partial charge on any atom is 0.225 e. The first-order valence-corrected chi connectivity index (χ1v) is 4.79. The second kappa shape index (κ2) is 2.24. The predicted molar refractivity (Wildman–Crippen MR) is 47.6 cm³/mol. The second-order valence-corrected chi connectivity index (χ2v) is 5.26. The average Bonchev–Trinajstić information content (AvgIpc) is 2.24. The Morgan fingerprint density at radius 1 is 1.33 bits per heavy atom. The van der Waals surface area contributed by atoms with Crippen molar-refractivity contribution in [1.29, 1.82) is 0 Å². The largest absolute Gasteiger partial charge is 0.352 e. The van der Waals surface area contributed by atoms with Crippen LogP contribution in [0.3, 0.4) is 0 Å². The molecule has 1 N–H and O–H groups in total. The summed E-state index contributed by atoms with van der Waals surface area (Å²) < 4.78 is 0. The van der Waals surface area contributed by atoms with Crippen molar-refractivity contribution in [3.05, 3.63) is 0 Å². The van der Waals surface area contributed by atoms with Gasteiger partial charge >= 0.3 is 0 Å². The Hall–Kier alpha value is -0.530. The van der Waals surface area contributed by atoms with Crippen molar-refractivity contribution in [2.45, 2.75) is 39.7 Å². The van der Waals surface area contributed by atoms with Crippen LogP contribution in [0.1, 0.15) is 33.6 Å². The van der Waals surface area contributed by atoms with Crippen LogP contribution in [-0.2, 0) is 4.79 Å². The number of hydrogen-bond acceptors (Lipinski definition) is 1. The van der Waals surface area contributed by atoms with Crippen molar-refractivity contribution < 1.29 is 4.79 Å². The Balaban J connectivity index is 2.03. The Labute approximate surface area is 73.7 Å². The molecule has 0 bridgehead atoms. The zero-order chi connectivity index (χ0) is 8.93. The van der Waals surface area contributed by atoms with Gasteiger partial charge in [0.2, 0.25) is 5.91 Å². The van der Waals surface area contributed by atoms with Gasteiger partial charge in [-0.05, 0) is 24.2 Å². The van der Waals surface area contributed by atoms with Gasteiger partial charge in [0.15, 0.2) is 0 Å². The van der Waals surface area contributed by atoms with E-state index in [2.05, 4.69) is 26.1 Å². The highest BCUT2D eigenvalue weighted by Gasteiger charge is 2.49. The van der Waals surface area contributed by atoms with Crippen molar-refractivity contribution in [2.75, 3.05) is 0 Å². The van der Waals surface area contributed by atoms with Crippen molar-refractivity contribution in [3.8, 4) is 0 Å². The fourth-order valence-electron chi connectivity index (χ4n) is 2.39. The molecule has 0 radical (unpaired) electrons. The summed E-state index contributed by atoms with van der Waals surface area (Å²) in [6.45, 7) is 6.81. The summed E-state index contributed by atoms with van der Waals surface area (Å²) in [7, 11) is 0. The van der Waals surface area contributed by atoms with E-state index in [1.165, 1.54) is 6.42 Å². The molecule has 0 aromatic carbocycles. The fourth-order valence-corrected chi connectivity index (χ4v) is 2.39. The van der Waals surface area contributed by atoms with E-state index in [-0.39, 0.29) is 5.91 Å². The topological polar surface area (TPSA) is 29.1 Å². The summed E-state index contributed by atoms with van der Waals surface area (Å²) in [5, 5.41) is 2.97. The zero-order valence-corrected chi connectivity index (χ0v) is 8.05. The van der Waals surface area contributed by atoms with Crippen LogP contribution >= 0.6 is 0 Å². The summed E-state index contributed by atoms with van der Waals surface area (Å²) in [6, 6.07) is 0.515. The quantitative estimate of drug-likeness (QED) is 0.545. The number of hydrogen-bond donors (Lipinski definition) is 1. The SMILES string of the molecule is CC(C)(C)[C@H]1CC2NC(=O)C2C1. The Morgan fingerprint density at radius 2 is 2.00 bits per heavy atom. The van der Waals surface area contributed by atoms with E-state index < -0.39 is 0 Å². The molecule has 3 atom stereocenters. The molecule has 1 saturated carbocycles. The van der Waals surface area contributed by atoms with Gasteiger partial charge in [-0.15, -0.1) is 0 Å². The van der Waals surface area contributed by atoms with Crippen LogP contribution in [0, 0.1) is 17.3 Å². The van der Waals surface area contributed by atoms with E-state index in [4.69, 9.17) is 0 Å². The third-order valence-electron chi connectivity index (χ3n) is 3.45. The van der Waals surface area contributed by atoms with E-state index in [1.807, 2.05) is 0 Å². The van der Waals surface area contributed by atoms with E-state index in [0.717, 1.165) is 12.3 Å². The summed E-state index contributed by atoms with van der Waals surface area (Å²) in [4.78, 5) is 11.1. The molecule has 0 aromatic rings. The first-order chi connectivity index (χ1) is 5.48. The summed E-state index contributed by atoms with van der Waals surface area (Å²) in [5.41, 5.74) is 0.374. The molecule has 2 aliphatic rings. The molecule has 1 heterocycles. The molecule has 68 valence electrons. The predicted octanol–water partition coefficient (Wildman–Crippen LogP) is 1.56. The summed E-state index contributed by atoms with van der Waals surface area (Å²) >= 11 is 0. The fraction of sp³-hybridized carbons (Fsp3) is 0.900. The molecule has 1 saturated heterocycles. The van der Waals surface area contributed by atoms with Gasteiger partial charge in [-0.25, -0.2) is 0 Å². The molecule has 0 spiro atoms. The lowest BCUT2D eigenvalue weighted by atomic mass is 9.79. The summed E-state index contributed by atoms with van der Waals surface area (Å²) in [5.74, 6) is 1.37. The number of carbonyl (C=O) groups excluding carboxylic acids is 1. The lowest BCUT2D eigenvalue weighted by Gasteiger charge is -2.30. The average molecular weight is 167 g/mol. The molecule has 1 aliphatic carbocycles. The van der Waals surface area contributed by atoms with Gasteiger partial charge in [-0.1, -0.05) is 20.8 Å². The number of amides is 1. The number of carbonyl (C=O) groups is 1. The van der Waals surface area contributed by atoms with Gasteiger partial charge in [-0.2, -0.15) is 0 Å². The van der Waals surface area contributed by atoms with Crippen LogP contribution in [0.2, 0.25) is 0 Å². The van der Waals surface area contributed by atoms with E-state index >= 15 is 0 Å². The maximum atomic E-state index is 11.1. The Morgan fingerprint density at radius 3 is 2.42 bits per heavy atom. The highest BCUT2D eigenvalue weighted by Crippen LogP contribution is 2.45. The van der Waals surface area contributed by atoms with Gasteiger partial charge in [0.1, 0.15) is 0 Å². The van der Waals surface area contributed by atoms with Crippen LogP contribution in [0.25, 0.3) is 0 Å². The molecule has 1 aliphatic heterocycles. The van der Waals surface area contributed by atoms with Crippen molar-refractivity contribution >= 4 is 5.91 Å². The Kier molecular flexibility index (Phi) is 1.51. The normalized spacial score (nSPS) is 40.2. The molecular weight excluding hydrogens is 150 g/mol. The van der Waals surface area contributed by atoms with E-state index in [9.17, 15) is 4.79 Å². The van der Waals surface area contributed by atoms with Crippen molar-refractivity contribution in [2.24, 2.45) is 17.3 Å². The van der Waals surface area contributed by atoms with Crippen molar-refractivity contribution in [3.63, 3.8) is 0 Å². The molecular formula is C10H17NO. The molecule has 2 rings (SSSR count). The van der Waals surface area contributed by atoms with E-state index in [0.29, 0.717) is 17.4 Å². The highest BCUT2D eigenvalue weighted by atomic mass is 16.2. The van der Waals surface area contributed by atoms with Gasteiger partial charge in [0.25, 0.3) is 0 Å². The van der Waals surface area contributed by atoms with Crippen LogP contribution in [0.15, 0.2) is 0 Å². The minimum Gasteiger partial charge on any atom is -0.352 e. The lowest BCUT2D eigenvalue weighted by molar-refractivity contribution is -0.133. The minimum atomic E-state index is 0.284. The highest BCUT2D eigenvalue weighted by molar-refractivity contribution is 5.86. The number of nitrogens with one attached hydrogen (secondary N) is 1. The smallest absolute Gasteiger partial charge is 0.225 e. The standard InChI is InChI=1S/C10H17NO/c1-10(2,3)6-4-7-8(5-6)11-9(7)12/h6-8H,4-5H2,1-3H3,(H,11,12)/t6-,7?,8?/m1/s1. The number of fused-ring (bicyclic) bond motifs is 1. The van der Waals surface area contributed by atoms with Gasteiger partial charge in [-0.3, -0.25) is 4.79 Å². The van der Waals surface area contributed by atoms with E-state index in [1.54, 1.807) is 0 Å². The van der Waals surface area contributed by atoms with Crippen LogP contribution < -0.4 is 5.32 Å². The van der Waals surface area contributed by atoms with Crippen molar-refractivity contribution in [1.82, 2.24) is 5.32 Å². The third kappa shape index (κ3) is 1.05. The molecule has 0 aromatic heterocycles. The van der Waals surface area contributed by atoms with Gasteiger partial charge in [0, 0.05) is 6.04 Å². The molecule has 2 nitrogen and oxygen atoms in total. The Bertz CT molecular complexity index is 216. The molecule has 1 amide bonds. The number of rotatable bonds is 0. The minimum absolute atomic E-state index is 0.284. The zero-order valence-electron chi connectivity index (χ0n) is 8.05. The second-order valence-electron chi connectivity index (χ2n) is 5.26. The first kappa shape index (κ1) is 8.09. The number of β-lactam (4-membered cyclic amide) rings is 1. The molecule has 12 heavy (non-hydrogen) atoms. The maximum absolute atomic E-state index is 11.1. The van der Waals surface area contributed by atoms with Gasteiger partial charge < -0.3 is 5.32 Å². The molecule has 2 heteroatoms. The molecule has 2 unspecified atom stereocenters. The van der Waals surface area contributed by atoms with Crippen LogP contribution in [0.4, 0.5) is 0 Å². The monoisotopic (exact) mass is 167 g/mol. The third-order valence-corrected chi connectivity index (χ3v) is 3.45.